The van der Waals surface area contributed by atoms with Crippen LogP contribution in [0.15, 0.2) is 267 Å². The van der Waals surface area contributed by atoms with Crippen LogP contribution in [-0.4, -0.2) is 14.1 Å². The molecule has 402 valence electrons. The third kappa shape index (κ3) is 8.89. The fraction of sp³-hybridized carbons (Fsp3) is 0.0526. The van der Waals surface area contributed by atoms with Crippen molar-refractivity contribution in [1.29, 1.82) is 0 Å². The smallest absolute Gasteiger partial charge is 0.135 e. The second-order valence-corrected chi connectivity index (χ2v) is 22.0. The van der Waals surface area contributed by atoms with E-state index in [2.05, 4.69) is 301 Å². The first-order valence-corrected chi connectivity index (χ1v) is 27.9. The number of pyridine rings is 1. The predicted molar refractivity (Wildman–Crippen MR) is 339 cm³/mol. The van der Waals surface area contributed by atoms with E-state index >= 15 is 0 Å². The standard InChI is InChI=1S/C76H54N5O.Pt/c1-76(2,3)53-45-46-77-72(47-53)81-71-49-57(41-42-62(71)65-43-44-70-73(75(65)81)66-35-17-18-38-67(66)80(70)54-27-11-6-12-28-54)82-56-30-21-29-55(48-56)78-50-79(69-40-20-19-39-68(69)78)74-63(60-33-15-13-31-58(60)51-23-7-4-8-24-51)36-22-37-64(74)61-34-16-14-32-59(61)52-25-9-5-10-26-52;/h4-47,50H,1-3H3;/q-3;. The molecular formula is C76H54N5OPt-3. The maximum absolute atomic E-state index is 6.93. The number of ether oxygens (including phenoxy) is 1. The van der Waals surface area contributed by atoms with Crippen molar-refractivity contribution < 1.29 is 25.8 Å². The molecule has 11 aromatic carbocycles. The Hall–Kier alpha value is -9.74. The first kappa shape index (κ1) is 51.4. The van der Waals surface area contributed by atoms with Crippen LogP contribution in [0.4, 0.5) is 22.7 Å². The summed E-state index contributed by atoms with van der Waals surface area (Å²) in [5.74, 6) is 1.96. The average molecular weight is 1250 g/mol. The summed E-state index contributed by atoms with van der Waals surface area (Å²) in [7, 11) is 0. The minimum Gasteiger partial charge on any atom is -0.509 e. The van der Waals surface area contributed by atoms with Crippen LogP contribution in [0, 0.1) is 18.8 Å². The largest absolute Gasteiger partial charge is 0.509 e. The molecule has 3 aromatic heterocycles. The molecule has 4 heterocycles. The van der Waals surface area contributed by atoms with Crippen LogP contribution in [0.2, 0.25) is 0 Å². The summed E-state index contributed by atoms with van der Waals surface area (Å²) in [6.45, 7) is 8.95. The zero-order valence-electron chi connectivity index (χ0n) is 45.9. The Kier molecular flexibility index (Phi) is 13.0. The number of rotatable bonds is 10. The SMILES string of the molecule is CC(C)(C)c1ccnc(-n2c3[c-]c(Oc4[c-]c(N5[CH-]N(c6c(-c7ccccc7-c7ccccc7)cccc6-c6ccccc6-c6ccccc6)c6ccccc65)ccc4)ccc3c3ccc4c(c5ccccc5n4-c4ccccc4)c32)c1.[Pt]. The van der Waals surface area contributed by atoms with E-state index < -0.39 is 0 Å². The van der Waals surface area contributed by atoms with E-state index in [-0.39, 0.29) is 26.5 Å². The van der Waals surface area contributed by atoms with Crippen LogP contribution >= 0.6 is 0 Å². The minimum atomic E-state index is -0.106. The Morgan fingerprint density at radius 3 is 1.66 bits per heavy atom. The van der Waals surface area contributed by atoms with E-state index in [1.807, 2.05) is 24.4 Å². The van der Waals surface area contributed by atoms with Gasteiger partial charge < -0.3 is 23.7 Å². The molecule has 0 fully saturated rings. The number of anilines is 4. The number of aromatic nitrogens is 3. The number of benzene rings is 11. The molecular weight excluding hydrogens is 1190 g/mol. The predicted octanol–water partition coefficient (Wildman–Crippen LogP) is 20.0. The molecule has 0 spiro atoms. The number of hydrogen-bond donors (Lipinski definition) is 0. The maximum Gasteiger partial charge on any atom is 0.135 e. The molecule has 83 heavy (non-hydrogen) atoms. The van der Waals surface area contributed by atoms with E-state index in [1.165, 1.54) is 10.9 Å². The molecule has 0 unspecified atom stereocenters. The number of para-hydroxylation sites is 5. The summed E-state index contributed by atoms with van der Waals surface area (Å²) in [5, 5.41) is 4.49. The molecule has 0 amide bonds. The second kappa shape index (κ2) is 21.0. The molecule has 0 bridgehead atoms. The van der Waals surface area contributed by atoms with E-state index in [9.17, 15) is 0 Å². The molecule has 0 radical (unpaired) electrons. The molecule has 15 rings (SSSR count). The molecule has 0 N–H and O–H groups in total. The Morgan fingerprint density at radius 2 is 0.988 bits per heavy atom. The van der Waals surface area contributed by atoms with Crippen LogP contribution in [0.5, 0.6) is 11.5 Å². The van der Waals surface area contributed by atoms with Gasteiger partial charge in [-0.05, 0) is 98.3 Å². The summed E-state index contributed by atoms with van der Waals surface area (Å²) >= 11 is 0. The Bertz CT molecular complexity index is 4650. The zero-order chi connectivity index (χ0) is 54.9. The quantitative estimate of drug-likeness (QED) is 0.128. The van der Waals surface area contributed by atoms with Gasteiger partial charge in [-0.3, -0.25) is 0 Å². The Labute approximate surface area is 498 Å². The van der Waals surface area contributed by atoms with Gasteiger partial charge in [0.2, 0.25) is 0 Å². The van der Waals surface area contributed by atoms with Gasteiger partial charge in [0.1, 0.15) is 5.82 Å². The van der Waals surface area contributed by atoms with Gasteiger partial charge in [0, 0.05) is 83.4 Å². The molecule has 0 saturated heterocycles. The zero-order valence-corrected chi connectivity index (χ0v) is 48.2. The summed E-state index contributed by atoms with van der Waals surface area (Å²) in [6.07, 6.45) is 1.93. The van der Waals surface area contributed by atoms with Gasteiger partial charge in [-0.2, -0.15) is 12.1 Å². The summed E-state index contributed by atoms with van der Waals surface area (Å²) < 4.78 is 11.6. The number of hydrogen-bond acceptors (Lipinski definition) is 4. The van der Waals surface area contributed by atoms with Gasteiger partial charge in [0.15, 0.2) is 0 Å². The van der Waals surface area contributed by atoms with E-state index in [4.69, 9.17) is 9.72 Å². The number of nitrogens with zero attached hydrogens (tertiary/aromatic N) is 5. The monoisotopic (exact) mass is 1250 g/mol. The Morgan fingerprint density at radius 1 is 0.434 bits per heavy atom. The summed E-state index contributed by atoms with van der Waals surface area (Å²) in [4.78, 5) is 9.71. The molecule has 1 aliphatic rings. The first-order chi connectivity index (χ1) is 40.3. The van der Waals surface area contributed by atoms with Gasteiger partial charge >= 0.3 is 0 Å². The van der Waals surface area contributed by atoms with Crippen molar-refractivity contribution in [1.82, 2.24) is 14.1 Å². The van der Waals surface area contributed by atoms with Crippen LogP contribution in [0.3, 0.4) is 0 Å². The molecule has 1 aliphatic heterocycles. The first-order valence-electron chi connectivity index (χ1n) is 27.9. The second-order valence-electron chi connectivity index (χ2n) is 22.0. The van der Waals surface area contributed by atoms with Crippen LogP contribution in [-0.2, 0) is 26.5 Å². The van der Waals surface area contributed by atoms with Crippen molar-refractivity contribution in [3.05, 3.63) is 291 Å². The fourth-order valence-electron chi connectivity index (χ4n) is 12.3. The third-order valence-electron chi connectivity index (χ3n) is 16.0. The van der Waals surface area contributed by atoms with Gasteiger partial charge in [-0.15, -0.1) is 48.1 Å². The van der Waals surface area contributed by atoms with Crippen molar-refractivity contribution in [3.8, 4) is 67.5 Å². The molecule has 0 atom stereocenters. The van der Waals surface area contributed by atoms with Gasteiger partial charge in [0.05, 0.1) is 16.6 Å². The van der Waals surface area contributed by atoms with E-state index in [1.54, 1.807) is 0 Å². The van der Waals surface area contributed by atoms with Crippen molar-refractivity contribution in [2.45, 2.75) is 26.2 Å². The van der Waals surface area contributed by atoms with Crippen molar-refractivity contribution in [2.75, 3.05) is 9.80 Å². The molecule has 6 nitrogen and oxygen atoms in total. The van der Waals surface area contributed by atoms with Crippen LogP contribution in [0.1, 0.15) is 26.3 Å². The van der Waals surface area contributed by atoms with E-state index in [0.29, 0.717) is 11.5 Å². The molecule has 0 aliphatic carbocycles. The van der Waals surface area contributed by atoms with Crippen LogP contribution in [0.25, 0.3) is 99.6 Å². The van der Waals surface area contributed by atoms with Crippen molar-refractivity contribution >= 4 is 66.4 Å². The summed E-state index contributed by atoms with van der Waals surface area (Å²) in [6, 6.07) is 100. The average Bonchev–Trinajstić information content (AvgIpc) is 2.15. The minimum absolute atomic E-state index is 0. The fourth-order valence-corrected chi connectivity index (χ4v) is 12.3. The number of fused-ring (bicyclic) bond motifs is 8. The van der Waals surface area contributed by atoms with Crippen molar-refractivity contribution in [2.24, 2.45) is 0 Å². The van der Waals surface area contributed by atoms with E-state index in [0.717, 1.165) is 117 Å². The van der Waals surface area contributed by atoms with Gasteiger partial charge in [-0.25, -0.2) is 4.98 Å². The Balaban J connectivity index is 0.00000614. The van der Waals surface area contributed by atoms with Crippen molar-refractivity contribution in [3.63, 3.8) is 0 Å². The summed E-state index contributed by atoms with van der Waals surface area (Å²) in [5.41, 5.74) is 19.5. The van der Waals surface area contributed by atoms with Gasteiger partial charge in [0.25, 0.3) is 0 Å². The maximum atomic E-state index is 6.93. The van der Waals surface area contributed by atoms with Crippen LogP contribution < -0.4 is 14.5 Å². The molecule has 14 aromatic rings. The molecule has 7 heteroatoms. The normalized spacial score (nSPS) is 12.3. The molecule has 0 saturated carbocycles. The topological polar surface area (TPSA) is 38.5 Å². The third-order valence-corrected chi connectivity index (χ3v) is 16.0. The van der Waals surface area contributed by atoms with Gasteiger partial charge in [-0.1, -0.05) is 208 Å².